The first-order chi connectivity index (χ1) is 8.19. The van der Waals surface area contributed by atoms with E-state index < -0.39 is 5.41 Å². The van der Waals surface area contributed by atoms with E-state index in [-0.39, 0.29) is 5.97 Å². The number of rotatable bonds is 2. The normalized spacial score (nSPS) is 25.5. The molecule has 1 unspecified atom stereocenters. The topological polar surface area (TPSA) is 29.5 Å². The van der Waals surface area contributed by atoms with Gasteiger partial charge in [-0.3, -0.25) is 4.79 Å². The fourth-order valence-electron chi connectivity index (χ4n) is 2.74. The predicted molar refractivity (Wildman–Crippen MR) is 66.9 cm³/mol. The third-order valence-corrected chi connectivity index (χ3v) is 3.59. The Morgan fingerprint density at radius 3 is 2.65 bits per heavy atom. The van der Waals surface area contributed by atoms with Crippen LogP contribution in [0.1, 0.15) is 18.4 Å². The van der Waals surface area contributed by atoms with Crippen LogP contribution in [-0.2, 0) is 14.9 Å². The third-order valence-electron chi connectivity index (χ3n) is 3.59. The van der Waals surface area contributed by atoms with Crippen LogP contribution in [-0.4, -0.2) is 38.1 Å². The van der Waals surface area contributed by atoms with Crippen LogP contribution in [0.4, 0.5) is 0 Å². The van der Waals surface area contributed by atoms with Crippen LogP contribution >= 0.6 is 0 Å². The van der Waals surface area contributed by atoms with Crippen molar-refractivity contribution in [3.8, 4) is 0 Å². The highest BCUT2D eigenvalue weighted by Gasteiger charge is 2.43. The quantitative estimate of drug-likeness (QED) is 0.730. The maximum Gasteiger partial charge on any atom is 0.317 e. The number of piperidine rings is 1. The first-order valence-corrected chi connectivity index (χ1v) is 6.01. The molecule has 17 heavy (non-hydrogen) atoms. The van der Waals surface area contributed by atoms with E-state index in [0.29, 0.717) is 0 Å². The molecule has 0 spiro atoms. The fraction of sp³-hybridized carbons (Fsp3) is 0.500. The van der Waals surface area contributed by atoms with Crippen molar-refractivity contribution >= 4 is 5.97 Å². The molecule has 1 heterocycles. The van der Waals surface area contributed by atoms with E-state index in [1.165, 1.54) is 7.11 Å². The summed E-state index contributed by atoms with van der Waals surface area (Å²) < 4.78 is 5.03. The zero-order valence-corrected chi connectivity index (χ0v) is 10.5. The minimum Gasteiger partial charge on any atom is -0.468 e. The molecule has 2 rings (SSSR count). The summed E-state index contributed by atoms with van der Waals surface area (Å²) in [4.78, 5) is 14.4. The number of hydrogen-bond donors (Lipinski definition) is 0. The number of esters is 1. The maximum atomic E-state index is 12.2. The molecule has 0 bridgehead atoms. The first-order valence-electron chi connectivity index (χ1n) is 6.01. The van der Waals surface area contributed by atoms with Gasteiger partial charge in [0, 0.05) is 6.54 Å². The fourth-order valence-corrected chi connectivity index (χ4v) is 2.74. The van der Waals surface area contributed by atoms with Crippen molar-refractivity contribution in [2.24, 2.45) is 0 Å². The second-order valence-corrected chi connectivity index (χ2v) is 4.78. The summed E-state index contributed by atoms with van der Waals surface area (Å²) in [6.45, 7) is 1.79. The van der Waals surface area contributed by atoms with E-state index in [1.807, 2.05) is 30.3 Å². The van der Waals surface area contributed by atoms with Gasteiger partial charge in [0.05, 0.1) is 7.11 Å². The number of ether oxygens (including phenoxy) is 1. The van der Waals surface area contributed by atoms with Gasteiger partial charge in [0.15, 0.2) is 0 Å². The third kappa shape index (κ3) is 2.20. The minimum absolute atomic E-state index is 0.116. The molecule has 0 amide bonds. The summed E-state index contributed by atoms with van der Waals surface area (Å²) in [7, 11) is 3.53. The lowest BCUT2D eigenvalue weighted by Crippen LogP contribution is -2.50. The van der Waals surface area contributed by atoms with Crippen LogP contribution in [0.3, 0.4) is 0 Å². The number of likely N-dealkylation sites (tertiary alicyclic amines) is 1. The van der Waals surface area contributed by atoms with Gasteiger partial charge in [-0.2, -0.15) is 0 Å². The Hall–Kier alpha value is -1.35. The predicted octanol–water partition coefficient (Wildman–Crippen LogP) is 1.82. The van der Waals surface area contributed by atoms with Crippen molar-refractivity contribution in [1.82, 2.24) is 4.90 Å². The molecule has 1 aliphatic rings. The van der Waals surface area contributed by atoms with Crippen molar-refractivity contribution in [3.05, 3.63) is 35.9 Å². The van der Waals surface area contributed by atoms with Gasteiger partial charge >= 0.3 is 5.97 Å². The number of carbonyl (C=O) groups excluding carboxylic acids is 1. The molecule has 0 aliphatic carbocycles. The number of carbonyl (C=O) groups is 1. The van der Waals surface area contributed by atoms with E-state index in [2.05, 4.69) is 11.9 Å². The monoisotopic (exact) mass is 233 g/mol. The second-order valence-electron chi connectivity index (χ2n) is 4.78. The Kier molecular flexibility index (Phi) is 3.48. The van der Waals surface area contributed by atoms with Gasteiger partial charge in [-0.1, -0.05) is 30.3 Å². The Balaban J connectivity index is 2.40. The maximum absolute atomic E-state index is 12.2. The highest BCUT2D eigenvalue weighted by Crippen LogP contribution is 2.34. The molecule has 1 fully saturated rings. The summed E-state index contributed by atoms with van der Waals surface area (Å²) >= 11 is 0. The SMILES string of the molecule is COC(=O)C1(c2ccccc2)CCCN(C)C1. The number of hydrogen-bond acceptors (Lipinski definition) is 3. The smallest absolute Gasteiger partial charge is 0.317 e. The van der Waals surface area contributed by atoms with Crippen LogP contribution in [0.15, 0.2) is 30.3 Å². The van der Waals surface area contributed by atoms with Gasteiger partial charge < -0.3 is 9.64 Å². The minimum atomic E-state index is -0.483. The summed E-state index contributed by atoms with van der Waals surface area (Å²) in [5, 5.41) is 0. The van der Waals surface area contributed by atoms with E-state index in [1.54, 1.807) is 0 Å². The lowest BCUT2D eigenvalue weighted by Gasteiger charge is -2.39. The van der Waals surface area contributed by atoms with Gasteiger partial charge in [-0.25, -0.2) is 0 Å². The Morgan fingerprint density at radius 1 is 1.35 bits per heavy atom. The first kappa shape index (κ1) is 12.1. The average Bonchev–Trinajstić information content (AvgIpc) is 2.38. The molecule has 1 aromatic rings. The molecule has 1 saturated heterocycles. The largest absolute Gasteiger partial charge is 0.468 e. The standard InChI is InChI=1S/C14H19NO2/c1-15-10-6-9-14(11-15,13(16)17-2)12-7-4-3-5-8-12/h3-5,7-8H,6,9-11H2,1-2H3. The molecule has 1 aliphatic heterocycles. The van der Waals surface area contributed by atoms with Gasteiger partial charge in [-0.05, 0) is 32.0 Å². The van der Waals surface area contributed by atoms with Crippen LogP contribution in [0.25, 0.3) is 0 Å². The highest BCUT2D eigenvalue weighted by molar-refractivity contribution is 5.83. The van der Waals surface area contributed by atoms with Crippen molar-refractivity contribution in [2.75, 3.05) is 27.2 Å². The Labute approximate surface area is 102 Å². The van der Waals surface area contributed by atoms with Crippen LogP contribution < -0.4 is 0 Å². The summed E-state index contributed by atoms with van der Waals surface area (Å²) in [5.41, 5.74) is 0.585. The van der Waals surface area contributed by atoms with Gasteiger partial charge in [0.2, 0.25) is 0 Å². The molecule has 0 N–H and O–H groups in total. The second kappa shape index (κ2) is 4.88. The number of methoxy groups -OCH3 is 1. The van der Waals surface area contributed by atoms with E-state index in [4.69, 9.17) is 4.74 Å². The van der Waals surface area contributed by atoms with Crippen LogP contribution in [0.5, 0.6) is 0 Å². The molecule has 1 aromatic carbocycles. The van der Waals surface area contributed by atoms with E-state index >= 15 is 0 Å². The van der Waals surface area contributed by atoms with Gasteiger partial charge in [-0.15, -0.1) is 0 Å². The highest BCUT2D eigenvalue weighted by atomic mass is 16.5. The summed E-state index contributed by atoms with van der Waals surface area (Å²) in [6.07, 6.45) is 1.90. The molecular weight excluding hydrogens is 214 g/mol. The molecular formula is C14H19NO2. The number of nitrogens with zero attached hydrogens (tertiary/aromatic N) is 1. The van der Waals surface area contributed by atoms with Crippen molar-refractivity contribution in [2.45, 2.75) is 18.3 Å². The Bertz CT molecular complexity index is 390. The molecule has 3 nitrogen and oxygen atoms in total. The zero-order chi connectivity index (χ0) is 12.3. The van der Waals surface area contributed by atoms with Crippen molar-refractivity contribution in [3.63, 3.8) is 0 Å². The lowest BCUT2D eigenvalue weighted by molar-refractivity contribution is -0.149. The molecule has 0 aromatic heterocycles. The molecule has 1 atom stereocenters. The van der Waals surface area contributed by atoms with E-state index in [0.717, 1.165) is 31.5 Å². The Morgan fingerprint density at radius 2 is 2.06 bits per heavy atom. The van der Waals surface area contributed by atoms with E-state index in [9.17, 15) is 4.79 Å². The summed E-state index contributed by atoms with van der Waals surface area (Å²) in [5.74, 6) is -0.116. The average molecular weight is 233 g/mol. The molecule has 0 radical (unpaired) electrons. The molecule has 3 heteroatoms. The number of likely N-dealkylation sites (N-methyl/N-ethyl adjacent to an activating group) is 1. The zero-order valence-electron chi connectivity index (χ0n) is 10.5. The summed E-state index contributed by atoms with van der Waals surface area (Å²) in [6, 6.07) is 9.98. The molecule has 92 valence electrons. The van der Waals surface area contributed by atoms with Crippen molar-refractivity contribution in [1.29, 1.82) is 0 Å². The van der Waals surface area contributed by atoms with Crippen LogP contribution in [0, 0.1) is 0 Å². The van der Waals surface area contributed by atoms with Crippen molar-refractivity contribution < 1.29 is 9.53 Å². The van der Waals surface area contributed by atoms with Crippen LogP contribution in [0.2, 0.25) is 0 Å². The van der Waals surface area contributed by atoms with Gasteiger partial charge in [0.1, 0.15) is 5.41 Å². The van der Waals surface area contributed by atoms with Gasteiger partial charge in [0.25, 0.3) is 0 Å². The molecule has 0 saturated carbocycles. The lowest BCUT2D eigenvalue weighted by atomic mass is 9.74. The number of benzene rings is 1.